The summed E-state index contributed by atoms with van der Waals surface area (Å²) in [5.41, 5.74) is 5.49. The highest BCUT2D eigenvalue weighted by molar-refractivity contribution is 5.83. The van der Waals surface area contributed by atoms with Gasteiger partial charge in [-0.15, -0.1) is 0 Å². The summed E-state index contributed by atoms with van der Waals surface area (Å²) in [6.45, 7) is 4.93. The summed E-state index contributed by atoms with van der Waals surface area (Å²) in [6, 6.07) is -0.869. The summed E-state index contributed by atoms with van der Waals surface area (Å²) in [6.07, 6.45) is 51.2. The van der Waals surface area contributed by atoms with Crippen LogP contribution in [0, 0.1) is 0 Å². The van der Waals surface area contributed by atoms with E-state index in [4.69, 9.17) is 10.5 Å². The molecule has 0 fully saturated rings. The highest BCUT2D eigenvalue weighted by atomic mass is 16.5. The van der Waals surface area contributed by atoms with E-state index in [2.05, 4.69) is 43.5 Å². The molecule has 2 atom stereocenters. The van der Waals surface area contributed by atoms with E-state index >= 15 is 0 Å². The number of hydrogen-bond donors (Lipinski definition) is 3. The van der Waals surface area contributed by atoms with Crippen LogP contribution in [0.4, 0.5) is 0 Å². The third kappa shape index (κ3) is 40.1. The van der Waals surface area contributed by atoms with Crippen molar-refractivity contribution in [2.24, 2.45) is 5.73 Å². The summed E-state index contributed by atoms with van der Waals surface area (Å²) < 4.78 is 5.94. The second-order valence-electron chi connectivity index (χ2n) is 16.5. The Bertz CT molecular complexity index is 935. The average molecular weight is 789 g/mol. The zero-order valence-corrected chi connectivity index (χ0v) is 37.0. The molecule has 0 rings (SSSR count). The molecule has 0 aromatic rings. The Kier molecular flexibility index (Phi) is 42.3. The van der Waals surface area contributed by atoms with Crippen LogP contribution in [0.1, 0.15) is 251 Å². The Morgan fingerprint density at radius 3 is 1.39 bits per heavy atom. The average Bonchev–Trinajstić information content (AvgIpc) is 3.18. The van der Waals surface area contributed by atoms with E-state index in [1.807, 2.05) is 0 Å². The molecule has 0 aliphatic heterocycles. The molecule has 0 aliphatic rings. The first-order chi connectivity index (χ1) is 27.4. The maximum absolute atomic E-state index is 12.8. The minimum absolute atomic E-state index is 0.0857. The van der Waals surface area contributed by atoms with Gasteiger partial charge < -0.3 is 20.9 Å². The number of nitrogens with two attached hydrogens (primary N) is 1. The number of nitrogens with one attached hydrogen (secondary N) is 1. The van der Waals surface area contributed by atoms with Gasteiger partial charge in [0, 0.05) is 12.8 Å². The number of esters is 1. The fourth-order valence-electron chi connectivity index (χ4n) is 7.30. The molecule has 0 saturated heterocycles. The monoisotopic (exact) mass is 789 g/mol. The second kappa shape index (κ2) is 44.0. The topological polar surface area (TPSA) is 119 Å². The molecule has 0 aromatic heterocycles. The van der Waals surface area contributed by atoms with Crippen LogP contribution >= 0.6 is 0 Å². The number of hydrogen-bond acceptors (Lipinski definition) is 5. The van der Waals surface area contributed by atoms with E-state index in [0.717, 1.165) is 44.9 Å². The minimum atomic E-state index is -1.01. The molecule has 0 aliphatic carbocycles. The van der Waals surface area contributed by atoms with Gasteiger partial charge in [-0.3, -0.25) is 9.59 Å². The van der Waals surface area contributed by atoms with E-state index < -0.39 is 12.0 Å². The highest BCUT2D eigenvalue weighted by Crippen LogP contribution is 2.17. The van der Waals surface area contributed by atoms with Gasteiger partial charge in [0.15, 0.2) is 0 Å². The van der Waals surface area contributed by atoms with E-state index in [-0.39, 0.29) is 18.0 Å². The second-order valence-corrected chi connectivity index (χ2v) is 16.5. The van der Waals surface area contributed by atoms with E-state index in [1.165, 1.54) is 161 Å². The van der Waals surface area contributed by atoms with E-state index in [1.54, 1.807) is 0 Å². The molecular formula is C49H92N2O5. The number of ether oxygens (including phenoxy) is 1. The first kappa shape index (κ1) is 53.9. The van der Waals surface area contributed by atoms with Crippen LogP contribution in [-0.2, 0) is 19.1 Å². The number of aliphatic carboxylic acids is 1. The van der Waals surface area contributed by atoms with Crippen molar-refractivity contribution in [3.8, 4) is 0 Å². The lowest BCUT2D eigenvalue weighted by Gasteiger charge is -2.15. The molecule has 7 heteroatoms. The molecule has 328 valence electrons. The first-order valence-electron chi connectivity index (χ1n) is 24.2. The number of rotatable bonds is 44. The summed E-state index contributed by atoms with van der Waals surface area (Å²) in [5.74, 6) is -1.32. The smallest absolute Gasteiger partial charge is 0.326 e. The van der Waals surface area contributed by atoms with Crippen molar-refractivity contribution in [3.05, 3.63) is 24.3 Å². The third-order valence-electron chi connectivity index (χ3n) is 11.0. The van der Waals surface area contributed by atoms with Crippen LogP contribution in [0.5, 0.6) is 0 Å². The molecule has 0 spiro atoms. The lowest BCUT2D eigenvalue weighted by molar-refractivity contribution is -0.147. The van der Waals surface area contributed by atoms with Crippen molar-refractivity contribution in [3.63, 3.8) is 0 Å². The van der Waals surface area contributed by atoms with E-state index in [9.17, 15) is 19.5 Å². The van der Waals surface area contributed by atoms with Crippen LogP contribution in [-0.4, -0.2) is 41.6 Å². The Hall–Kier alpha value is -2.15. The van der Waals surface area contributed by atoms with Gasteiger partial charge in [0.2, 0.25) is 5.91 Å². The number of carbonyl (C=O) groups is 3. The van der Waals surface area contributed by atoms with Crippen LogP contribution in [0.25, 0.3) is 0 Å². The standard InChI is InChI=1S/C49H92N2O5/c1-3-5-7-9-11-13-14-15-16-17-18-19-20-21-22-23-24-25-26-27-29-31-37-43-48(53)56-45(39-34-30-28-12-10-8-6-4-2)40-35-32-33-36-42-47(52)51-46(49(54)55)41-38-44-50/h17-18,34,39,45-46H,3-16,19-33,35-38,40-44,50H2,1-2H3,(H,51,52)(H,54,55)/b18-17-,39-34-. The first-order valence-corrected chi connectivity index (χ1v) is 24.2. The van der Waals surface area contributed by atoms with Crippen molar-refractivity contribution in [2.75, 3.05) is 6.54 Å². The maximum atomic E-state index is 12.8. The number of carboxylic acid groups (broad SMARTS) is 1. The molecule has 0 saturated carbocycles. The molecule has 0 radical (unpaired) electrons. The van der Waals surface area contributed by atoms with Gasteiger partial charge in [0.1, 0.15) is 12.1 Å². The number of amides is 1. The molecule has 0 aromatic carbocycles. The lowest BCUT2D eigenvalue weighted by atomic mass is 10.0. The quantitative estimate of drug-likeness (QED) is 0.0321. The molecular weight excluding hydrogens is 697 g/mol. The number of allylic oxidation sites excluding steroid dienone is 3. The van der Waals surface area contributed by atoms with Crippen LogP contribution < -0.4 is 11.1 Å². The molecule has 2 unspecified atom stereocenters. The zero-order chi connectivity index (χ0) is 41.0. The summed E-state index contributed by atoms with van der Waals surface area (Å²) in [5, 5.41) is 11.9. The van der Waals surface area contributed by atoms with Crippen molar-refractivity contribution in [1.82, 2.24) is 5.32 Å². The van der Waals surface area contributed by atoms with Crippen molar-refractivity contribution >= 4 is 17.8 Å². The molecule has 0 heterocycles. The summed E-state index contributed by atoms with van der Waals surface area (Å²) >= 11 is 0. The van der Waals surface area contributed by atoms with Crippen LogP contribution in [0.3, 0.4) is 0 Å². The summed E-state index contributed by atoms with van der Waals surface area (Å²) in [4.78, 5) is 36.4. The number of carbonyl (C=O) groups excluding carboxylic acids is 2. The molecule has 56 heavy (non-hydrogen) atoms. The number of carboxylic acids is 1. The predicted octanol–water partition coefficient (Wildman–Crippen LogP) is 14.0. The number of unbranched alkanes of at least 4 members (excludes halogenated alkanes) is 28. The van der Waals surface area contributed by atoms with Gasteiger partial charge in [-0.2, -0.15) is 0 Å². The Labute approximate surface area is 346 Å². The Morgan fingerprint density at radius 2 is 0.929 bits per heavy atom. The largest absolute Gasteiger partial charge is 0.480 e. The van der Waals surface area contributed by atoms with Gasteiger partial charge in [0.25, 0.3) is 0 Å². The van der Waals surface area contributed by atoms with Crippen molar-refractivity contribution < 1.29 is 24.2 Å². The minimum Gasteiger partial charge on any atom is -0.480 e. The normalized spacial score (nSPS) is 12.8. The molecule has 1 amide bonds. The molecule has 4 N–H and O–H groups in total. The van der Waals surface area contributed by atoms with Crippen LogP contribution in [0.15, 0.2) is 24.3 Å². The molecule has 0 bridgehead atoms. The van der Waals surface area contributed by atoms with Gasteiger partial charge in [-0.05, 0) is 89.7 Å². The van der Waals surface area contributed by atoms with Crippen molar-refractivity contribution in [2.45, 2.75) is 264 Å². The SMILES string of the molecule is CCCCCCCC/C=C\C(CCCCCCC(=O)NC(CCCN)C(=O)O)OC(=O)CCCCCCCCCCCCC/C=C\CCCCCCCCCC. The Morgan fingerprint density at radius 1 is 0.518 bits per heavy atom. The van der Waals surface area contributed by atoms with Gasteiger partial charge >= 0.3 is 11.9 Å². The zero-order valence-electron chi connectivity index (χ0n) is 37.0. The fourth-order valence-corrected chi connectivity index (χ4v) is 7.30. The fraction of sp³-hybridized carbons (Fsp3) is 0.857. The van der Waals surface area contributed by atoms with Gasteiger partial charge in [-0.1, -0.05) is 180 Å². The third-order valence-corrected chi connectivity index (χ3v) is 11.0. The van der Waals surface area contributed by atoms with Gasteiger partial charge in [0.05, 0.1) is 0 Å². The van der Waals surface area contributed by atoms with Crippen molar-refractivity contribution in [1.29, 1.82) is 0 Å². The lowest BCUT2D eigenvalue weighted by Crippen LogP contribution is -2.40. The molecule has 7 nitrogen and oxygen atoms in total. The maximum Gasteiger partial charge on any atom is 0.326 e. The van der Waals surface area contributed by atoms with E-state index in [0.29, 0.717) is 38.6 Å². The van der Waals surface area contributed by atoms with Gasteiger partial charge in [-0.25, -0.2) is 4.79 Å². The highest BCUT2D eigenvalue weighted by Gasteiger charge is 2.19. The Balaban J connectivity index is 4.07. The summed E-state index contributed by atoms with van der Waals surface area (Å²) in [7, 11) is 0. The predicted molar refractivity (Wildman–Crippen MR) is 239 cm³/mol. The van der Waals surface area contributed by atoms with Crippen LogP contribution in [0.2, 0.25) is 0 Å².